The molecule has 0 saturated heterocycles. The lowest BCUT2D eigenvalue weighted by Crippen LogP contribution is -2.08. The molecule has 0 bridgehead atoms. The maximum absolute atomic E-state index is 5.76. The summed E-state index contributed by atoms with van der Waals surface area (Å²) in [6, 6.07) is 5.72. The molecule has 0 fully saturated rings. The number of benzene rings is 1. The highest BCUT2D eigenvalue weighted by Crippen LogP contribution is 2.25. The van der Waals surface area contributed by atoms with Crippen LogP contribution in [-0.4, -0.2) is 24.3 Å². The molecule has 1 aromatic heterocycles. The summed E-state index contributed by atoms with van der Waals surface area (Å²) >= 11 is 0. The van der Waals surface area contributed by atoms with Crippen LogP contribution in [0.25, 0.3) is 0 Å². The quantitative estimate of drug-likeness (QED) is 0.834. The number of nitrogens with zero attached hydrogens (tertiary/aromatic N) is 2. The summed E-state index contributed by atoms with van der Waals surface area (Å²) < 4.78 is 16.1. The van der Waals surface area contributed by atoms with E-state index in [4.69, 9.17) is 14.0 Å². The number of hydrogen-bond acceptors (Lipinski definition) is 6. The Hall–Kier alpha value is -2.08. The molecule has 0 unspecified atom stereocenters. The number of aromatic nitrogens is 2. The van der Waals surface area contributed by atoms with E-state index in [1.54, 1.807) is 7.11 Å². The Morgan fingerprint density at radius 2 is 2.20 bits per heavy atom. The second kappa shape index (κ2) is 6.91. The Labute approximate surface area is 118 Å². The lowest BCUT2D eigenvalue weighted by molar-refractivity contribution is 0.239. The summed E-state index contributed by atoms with van der Waals surface area (Å²) in [5.74, 6) is 2.65. The number of methoxy groups -OCH3 is 1. The Morgan fingerprint density at radius 1 is 1.35 bits per heavy atom. The predicted octanol–water partition coefficient (Wildman–Crippen LogP) is 1.94. The van der Waals surface area contributed by atoms with Crippen molar-refractivity contribution in [3.05, 3.63) is 35.5 Å². The highest BCUT2D eigenvalue weighted by atomic mass is 16.5. The Bertz CT molecular complexity index is 554. The first-order chi connectivity index (χ1) is 9.76. The predicted molar refractivity (Wildman–Crippen MR) is 73.8 cm³/mol. The fraction of sp³-hybridized carbons (Fsp3) is 0.429. The number of ether oxygens (including phenoxy) is 2. The van der Waals surface area contributed by atoms with Crippen molar-refractivity contribution in [1.82, 2.24) is 15.5 Å². The van der Waals surface area contributed by atoms with Crippen LogP contribution < -0.4 is 14.8 Å². The van der Waals surface area contributed by atoms with Gasteiger partial charge in [0.1, 0.15) is 11.5 Å². The largest absolute Gasteiger partial charge is 0.497 e. The van der Waals surface area contributed by atoms with Gasteiger partial charge in [-0.2, -0.15) is 4.98 Å². The summed E-state index contributed by atoms with van der Waals surface area (Å²) in [6.07, 6.45) is 0.744. The third-order valence-corrected chi connectivity index (χ3v) is 2.82. The molecule has 0 aliphatic heterocycles. The van der Waals surface area contributed by atoms with Gasteiger partial charge in [0.15, 0.2) is 12.4 Å². The van der Waals surface area contributed by atoms with Crippen molar-refractivity contribution in [2.45, 2.75) is 26.5 Å². The van der Waals surface area contributed by atoms with Crippen molar-refractivity contribution in [1.29, 1.82) is 0 Å². The Kier molecular flexibility index (Phi) is 4.95. The second-order valence-electron chi connectivity index (χ2n) is 4.25. The van der Waals surface area contributed by atoms with E-state index >= 15 is 0 Å². The molecule has 20 heavy (non-hydrogen) atoms. The van der Waals surface area contributed by atoms with E-state index < -0.39 is 0 Å². The first kappa shape index (κ1) is 14.3. The van der Waals surface area contributed by atoms with Crippen molar-refractivity contribution in [3.8, 4) is 11.5 Å². The van der Waals surface area contributed by atoms with Crippen molar-refractivity contribution >= 4 is 0 Å². The zero-order chi connectivity index (χ0) is 14.4. The van der Waals surface area contributed by atoms with Gasteiger partial charge in [0.2, 0.25) is 0 Å². The third-order valence-electron chi connectivity index (χ3n) is 2.82. The van der Waals surface area contributed by atoms with Gasteiger partial charge < -0.3 is 19.3 Å². The minimum Gasteiger partial charge on any atom is -0.497 e. The molecular formula is C14H19N3O3. The monoisotopic (exact) mass is 277 g/mol. The van der Waals surface area contributed by atoms with Crippen molar-refractivity contribution < 1.29 is 14.0 Å². The molecule has 0 amide bonds. The van der Waals surface area contributed by atoms with Gasteiger partial charge in [-0.15, -0.1) is 0 Å². The fourth-order valence-electron chi connectivity index (χ4n) is 1.76. The van der Waals surface area contributed by atoms with Gasteiger partial charge in [0, 0.05) is 24.6 Å². The van der Waals surface area contributed by atoms with Crippen LogP contribution in [0.2, 0.25) is 0 Å². The van der Waals surface area contributed by atoms with E-state index in [0.29, 0.717) is 18.3 Å². The van der Waals surface area contributed by atoms with Crippen LogP contribution in [0.15, 0.2) is 22.7 Å². The van der Waals surface area contributed by atoms with Crippen molar-refractivity contribution in [2.24, 2.45) is 0 Å². The topological polar surface area (TPSA) is 69.4 Å². The van der Waals surface area contributed by atoms with E-state index in [-0.39, 0.29) is 6.61 Å². The summed E-state index contributed by atoms with van der Waals surface area (Å²) in [4.78, 5) is 4.21. The fourth-order valence-corrected chi connectivity index (χ4v) is 1.76. The zero-order valence-electron chi connectivity index (χ0n) is 12.0. The molecule has 1 heterocycles. The summed E-state index contributed by atoms with van der Waals surface area (Å²) in [5.41, 5.74) is 1.04. The highest BCUT2D eigenvalue weighted by Gasteiger charge is 2.09. The number of nitrogens with one attached hydrogen (secondary N) is 1. The van der Waals surface area contributed by atoms with Crippen LogP contribution in [0.5, 0.6) is 11.5 Å². The van der Waals surface area contributed by atoms with E-state index in [1.807, 2.05) is 32.2 Å². The molecule has 0 saturated carbocycles. The van der Waals surface area contributed by atoms with Gasteiger partial charge in [-0.05, 0) is 13.1 Å². The lowest BCUT2D eigenvalue weighted by Gasteiger charge is -2.11. The molecule has 6 nitrogen and oxygen atoms in total. The van der Waals surface area contributed by atoms with Gasteiger partial charge in [-0.3, -0.25) is 0 Å². The summed E-state index contributed by atoms with van der Waals surface area (Å²) in [7, 11) is 3.52. The van der Waals surface area contributed by atoms with E-state index in [9.17, 15) is 0 Å². The average molecular weight is 277 g/mol. The second-order valence-corrected chi connectivity index (χ2v) is 4.25. The van der Waals surface area contributed by atoms with Gasteiger partial charge in [-0.25, -0.2) is 0 Å². The van der Waals surface area contributed by atoms with Gasteiger partial charge in [0.05, 0.1) is 7.11 Å². The van der Waals surface area contributed by atoms with Crippen LogP contribution in [-0.2, 0) is 19.6 Å². The van der Waals surface area contributed by atoms with Gasteiger partial charge >= 0.3 is 0 Å². The molecule has 0 radical (unpaired) electrons. The molecule has 0 spiro atoms. The molecule has 6 heteroatoms. The van der Waals surface area contributed by atoms with E-state index in [1.165, 1.54) is 0 Å². The van der Waals surface area contributed by atoms with Crippen LogP contribution in [0.4, 0.5) is 0 Å². The maximum Gasteiger partial charge on any atom is 0.264 e. The summed E-state index contributed by atoms with van der Waals surface area (Å²) in [6.45, 7) is 2.93. The normalized spacial score (nSPS) is 10.6. The molecule has 0 atom stereocenters. The van der Waals surface area contributed by atoms with Crippen molar-refractivity contribution in [3.63, 3.8) is 0 Å². The molecule has 0 aliphatic carbocycles. The van der Waals surface area contributed by atoms with Crippen LogP contribution in [0, 0.1) is 0 Å². The molecule has 2 aromatic rings. The Balaban J connectivity index is 2.09. The van der Waals surface area contributed by atoms with E-state index in [2.05, 4.69) is 15.5 Å². The van der Waals surface area contributed by atoms with Crippen LogP contribution in [0.1, 0.15) is 24.2 Å². The van der Waals surface area contributed by atoms with Gasteiger partial charge in [-0.1, -0.05) is 18.1 Å². The smallest absolute Gasteiger partial charge is 0.264 e. The lowest BCUT2D eigenvalue weighted by atomic mass is 10.2. The van der Waals surface area contributed by atoms with Crippen LogP contribution >= 0.6 is 0 Å². The summed E-state index contributed by atoms with van der Waals surface area (Å²) in [5, 5.41) is 6.94. The minimum atomic E-state index is 0.247. The maximum atomic E-state index is 5.76. The molecule has 0 aliphatic rings. The molecule has 1 N–H and O–H groups in total. The average Bonchev–Trinajstić information content (AvgIpc) is 2.94. The standard InChI is InChI=1S/C14H19N3O3/c1-4-13-16-14(20-17-13)9-19-12-7-11(18-3)6-5-10(12)8-15-2/h5-7,15H,4,8-9H2,1-3H3. The third kappa shape index (κ3) is 3.48. The molecular weight excluding hydrogens is 258 g/mol. The number of hydrogen-bond donors (Lipinski definition) is 1. The molecule has 108 valence electrons. The zero-order valence-corrected chi connectivity index (χ0v) is 12.0. The molecule has 2 rings (SSSR count). The highest BCUT2D eigenvalue weighted by molar-refractivity contribution is 5.40. The van der Waals surface area contributed by atoms with E-state index in [0.717, 1.165) is 23.5 Å². The number of aryl methyl sites for hydroxylation is 1. The van der Waals surface area contributed by atoms with Crippen molar-refractivity contribution in [2.75, 3.05) is 14.2 Å². The SMILES string of the molecule is CCc1noc(COc2cc(OC)ccc2CNC)n1. The Morgan fingerprint density at radius 3 is 2.85 bits per heavy atom. The molecule has 1 aromatic carbocycles. The minimum absolute atomic E-state index is 0.247. The van der Waals surface area contributed by atoms with Gasteiger partial charge in [0.25, 0.3) is 5.89 Å². The first-order valence-corrected chi connectivity index (χ1v) is 6.52. The number of rotatable bonds is 7. The first-order valence-electron chi connectivity index (χ1n) is 6.52. The van der Waals surface area contributed by atoms with Crippen LogP contribution in [0.3, 0.4) is 0 Å².